The fourth-order valence-corrected chi connectivity index (χ4v) is 0.879. The summed E-state index contributed by atoms with van der Waals surface area (Å²) < 4.78 is 4.89. The average Bonchev–Trinajstić information content (AvgIpc) is 2.04. The van der Waals surface area contributed by atoms with Crippen LogP contribution >= 0.6 is 0 Å². The van der Waals surface area contributed by atoms with E-state index in [1.54, 1.807) is 0 Å². The van der Waals surface area contributed by atoms with Crippen molar-refractivity contribution in [1.82, 2.24) is 0 Å². The lowest BCUT2D eigenvalue weighted by Crippen LogP contribution is -3.00. The Morgan fingerprint density at radius 2 is 2.15 bits per heavy atom. The molecule has 0 aliphatic heterocycles. The first-order valence-corrected chi connectivity index (χ1v) is 3.29. The zero-order chi connectivity index (χ0) is 9.14. The van der Waals surface area contributed by atoms with Gasteiger partial charge in [-0.3, -0.25) is 10.1 Å². The molecule has 0 unspecified atom stereocenters. The van der Waals surface area contributed by atoms with Crippen LogP contribution in [0.15, 0.2) is 18.2 Å². The van der Waals surface area contributed by atoms with Gasteiger partial charge in [0, 0.05) is 6.07 Å². The Kier molecular flexibility index (Phi) is 4.16. The average molecular weight is 205 g/mol. The minimum absolute atomic E-state index is 0. The van der Waals surface area contributed by atoms with Gasteiger partial charge in [-0.25, -0.2) is 0 Å². The summed E-state index contributed by atoms with van der Waals surface area (Å²) in [6, 6.07) is 4.28. The maximum Gasteiger partial charge on any atom is 0.275 e. The van der Waals surface area contributed by atoms with E-state index in [1.807, 2.05) is 0 Å². The maximum absolute atomic E-state index is 10.3. The fourth-order valence-electron chi connectivity index (χ4n) is 0.879. The van der Waals surface area contributed by atoms with E-state index in [9.17, 15) is 10.1 Å². The van der Waals surface area contributed by atoms with Gasteiger partial charge in [0.05, 0.1) is 18.1 Å². The van der Waals surface area contributed by atoms with Crippen LogP contribution in [-0.2, 0) is 0 Å². The molecule has 0 aliphatic rings. The number of nitro benzene ring substituents is 1. The lowest BCUT2D eigenvalue weighted by molar-refractivity contribution is -0.385. The predicted molar refractivity (Wildman–Crippen MR) is 42.2 cm³/mol. The normalized spacial score (nSPS) is 8.77. The summed E-state index contributed by atoms with van der Waals surface area (Å²) in [5, 5.41) is 10.3. The number of nitrogens with zero attached hydrogens (tertiary/aromatic N) is 1. The summed E-state index contributed by atoms with van der Waals surface area (Å²) in [6.07, 6.45) is 0. The van der Waals surface area contributed by atoms with E-state index in [0.29, 0.717) is 11.4 Å². The van der Waals surface area contributed by atoms with E-state index in [2.05, 4.69) is 5.73 Å². The number of rotatable bonds is 2. The standard InChI is InChI=1S/C7H8N2O3.ClH/c1-12-7-3-2-5(9(10)11)4-6(7)8;/h2-4H,8H2,1H3;1H. The van der Waals surface area contributed by atoms with Gasteiger partial charge in [0.25, 0.3) is 5.69 Å². The highest BCUT2D eigenvalue weighted by Gasteiger charge is 2.10. The van der Waals surface area contributed by atoms with Gasteiger partial charge < -0.3 is 22.9 Å². The van der Waals surface area contributed by atoms with Gasteiger partial charge in [-0.1, -0.05) is 0 Å². The van der Waals surface area contributed by atoms with Crippen LogP contribution in [0.25, 0.3) is 0 Å². The molecule has 1 aromatic rings. The third kappa shape index (κ3) is 2.57. The van der Waals surface area contributed by atoms with Crippen LogP contribution in [0.4, 0.5) is 11.4 Å². The van der Waals surface area contributed by atoms with Crippen molar-refractivity contribution in [2.45, 2.75) is 0 Å². The highest BCUT2D eigenvalue weighted by molar-refractivity contribution is 5.52. The Morgan fingerprint density at radius 3 is 2.54 bits per heavy atom. The quantitative estimate of drug-likeness (QED) is 0.427. The number of halogens is 1. The van der Waals surface area contributed by atoms with Crippen LogP contribution in [0.3, 0.4) is 0 Å². The molecule has 3 N–H and O–H groups in total. The Hall–Kier alpha value is -1.33. The van der Waals surface area contributed by atoms with Crippen molar-refractivity contribution >= 4 is 11.4 Å². The largest absolute Gasteiger partial charge is 1.00 e. The molecule has 1 rings (SSSR count). The molecular weight excluding hydrogens is 196 g/mol. The van der Waals surface area contributed by atoms with Crippen LogP contribution in [0.2, 0.25) is 0 Å². The van der Waals surface area contributed by atoms with Gasteiger partial charge in [-0.15, -0.1) is 0 Å². The van der Waals surface area contributed by atoms with Crippen molar-refractivity contribution in [3.05, 3.63) is 28.3 Å². The van der Waals surface area contributed by atoms with E-state index >= 15 is 0 Å². The van der Waals surface area contributed by atoms with E-state index in [0.717, 1.165) is 0 Å². The van der Waals surface area contributed by atoms with Crippen molar-refractivity contribution < 1.29 is 27.8 Å². The van der Waals surface area contributed by atoms with Crippen LogP contribution in [0.5, 0.6) is 5.75 Å². The molecule has 0 spiro atoms. The summed E-state index contributed by atoms with van der Waals surface area (Å²) >= 11 is 0. The molecule has 0 saturated carbocycles. The van der Waals surface area contributed by atoms with Crippen LogP contribution in [-0.4, -0.2) is 12.0 Å². The molecular formula is C7H9ClN2O3. The highest BCUT2D eigenvalue weighted by Crippen LogP contribution is 2.23. The van der Waals surface area contributed by atoms with E-state index in [4.69, 9.17) is 4.74 Å². The first kappa shape index (κ1) is 11.7. The van der Waals surface area contributed by atoms with Gasteiger partial charge in [0.2, 0.25) is 0 Å². The Bertz CT molecular complexity index is 317. The maximum atomic E-state index is 10.3. The topological polar surface area (TPSA) is 80.0 Å². The number of methoxy groups -OCH3 is 1. The number of quaternary nitrogens is 1. The number of benzene rings is 1. The molecule has 13 heavy (non-hydrogen) atoms. The van der Waals surface area contributed by atoms with Gasteiger partial charge in [-0.2, -0.15) is 0 Å². The molecule has 1 aromatic carbocycles. The van der Waals surface area contributed by atoms with Crippen molar-refractivity contribution in [3.63, 3.8) is 0 Å². The van der Waals surface area contributed by atoms with Gasteiger partial charge >= 0.3 is 0 Å². The zero-order valence-electron chi connectivity index (χ0n) is 6.99. The lowest BCUT2D eigenvalue weighted by atomic mass is 10.2. The smallest absolute Gasteiger partial charge is 0.275 e. The first-order valence-electron chi connectivity index (χ1n) is 3.29. The number of ether oxygens (including phenoxy) is 1. The van der Waals surface area contributed by atoms with Crippen LogP contribution in [0.1, 0.15) is 0 Å². The molecule has 5 nitrogen and oxygen atoms in total. The Balaban J connectivity index is 0.00000144. The summed E-state index contributed by atoms with van der Waals surface area (Å²) in [6.45, 7) is 0. The number of non-ortho nitro benzene ring substituents is 1. The second kappa shape index (κ2) is 4.64. The molecule has 6 heteroatoms. The second-order valence-electron chi connectivity index (χ2n) is 2.25. The van der Waals surface area contributed by atoms with Gasteiger partial charge in [0.15, 0.2) is 11.4 Å². The molecule has 72 valence electrons. The lowest BCUT2D eigenvalue weighted by Gasteiger charge is -1.98. The van der Waals surface area contributed by atoms with E-state index in [1.165, 1.54) is 25.3 Å². The van der Waals surface area contributed by atoms with E-state index < -0.39 is 4.92 Å². The number of hydrogen-bond donors (Lipinski definition) is 1. The minimum Gasteiger partial charge on any atom is -1.00 e. The van der Waals surface area contributed by atoms with Crippen molar-refractivity contribution in [1.29, 1.82) is 0 Å². The predicted octanol–water partition coefficient (Wildman–Crippen LogP) is -2.52. The Morgan fingerprint density at radius 1 is 1.54 bits per heavy atom. The van der Waals surface area contributed by atoms with Crippen LogP contribution in [0, 0.1) is 10.1 Å². The number of nitro groups is 1. The summed E-state index contributed by atoms with van der Waals surface area (Å²) in [5.41, 5.74) is 4.15. The molecule has 0 heterocycles. The summed E-state index contributed by atoms with van der Waals surface area (Å²) in [4.78, 5) is 9.83. The fraction of sp³-hybridized carbons (Fsp3) is 0.143. The monoisotopic (exact) mass is 204 g/mol. The third-order valence-corrected chi connectivity index (χ3v) is 1.47. The molecule has 0 saturated heterocycles. The van der Waals surface area contributed by atoms with Gasteiger partial charge in [-0.05, 0) is 6.07 Å². The van der Waals surface area contributed by atoms with Crippen molar-refractivity contribution in [2.75, 3.05) is 7.11 Å². The summed E-state index contributed by atoms with van der Waals surface area (Å²) in [7, 11) is 1.50. The Labute approximate surface area is 81.1 Å². The first-order chi connectivity index (χ1) is 5.65. The SMILES string of the molecule is COc1ccc([N+](=O)[O-])cc1[NH3+].[Cl-]. The van der Waals surface area contributed by atoms with E-state index in [-0.39, 0.29) is 18.1 Å². The molecule has 0 aliphatic carbocycles. The summed E-state index contributed by atoms with van der Waals surface area (Å²) in [5.74, 6) is 0.556. The van der Waals surface area contributed by atoms with Crippen molar-refractivity contribution in [2.24, 2.45) is 0 Å². The second-order valence-corrected chi connectivity index (χ2v) is 2.25. The molecule has 0 bridgehead atoms. The number of hydrogen-bond acceptors (Lipinski definition) is 3. The molecule has 0 amide bonds. The molecule has 0 fully saturated rings. The minimum atomic E-state index is -0.464. The molecule has 0 aromatic heterocycles. The molecule has 0 atom stereocenters. The molecule has 0 radical (unpaired) electrons. The van der Waals surface area contributed by atoms with Crippen LogP contribution < -0.4 is 22.9 Å². The third-order valence-electron chi connectivity index (χ3n) is 1.47. The van der Waals surface area contributed by atoms with Crippen molar-refractivity contribution in [3.8, 4) is 5.75 Å². The van der Waals surface area contributed by atoms with Gasteiger partial charge in [0.1, 0.15) is 0 Å². The highest BCUT2D eigenvalue weighted by atomic mass is 35.5. The zero-order valence-corrected chi connectivity index (χ0v) is 7.75.